The third-order valence-corrected chi connectivity index (χ3v) is 4.32. The fourth-order valence-electron chi connectivity index (χ4n) is 1.77. The maximum absolute atomic E-state index is 12.8. The van der Waals surface area contributed by atoms with Gasteiger partial charge in [0.05, 0.1) is 22.2 Å². The van der Waals surface area contributed by atoms with E-state index in [1.807, 2.05) is 0 Å². The van der Waals surface area contributed by atoms with Crippen LogP contribution in [0, 0.1) is 0 Å². The summed E-state index contributed by atoms with van der Waals surface area (Å²) in [6.45, 7) is 5.22. The van der Waals surface area contributed by atoms with Gasteiger partial charge in [0.15, 0.2) is 0 Å². The van der Waals surface area contributed by atoms with Crippen LogP contribution < -0.4 is 5.48 Å². The first-order valence-corrected chi connectivity index (χ1v) is 6.92. The molecule has 2 rings (SSSR count). The van der Waals surface area contributed by atoms with Crippen LogP contribution in [-0.2, 0) is 15.6 Å². The van der Waals surface area contributed by atoms with Gasteiger partial charge in [-0.25, -0.2) is 8.78 Å². The van der Waals surface area contributed by atoms with Crippen LogP contribution in [-0.4, -0.2) is 20.0 Å². The van der Waals surface area contributed by atoms with Gasteiger partial charge in [-0.05, 0) is 26.8 Å². The van der Waals surface area contributed by atoms with Crippen LogP contribution >= 0.6 is 0 Å². The second kappa shape index (κ2) is 5.01. The monoisotopic (exact) mass is 291 g/mol. The first-order chi connectivity index (χ1) is 8.82. The Hall–Kier alpha value is -1.28. The van der Waals surface area contributed by atoms with Gasteiger partial charge in [0, 0.05) is 5.56 Å². The van der Waals surface area contributed by atoms with Gasteiger partial charge in [0.1, 0.15) is 16.3 Å². The fraction of sp³-hybridized carbons (Fsp3) is 0.545. The van der Waals surface area contributed by atoms with E-state index < -0.39 is 28.1 Å². The van der Waals surface area contributed by atoms with Crippen LogP contribution in [0.25, 0.3) is 0 Å². The smallest absolute Gasteiger partial charge is 0.276 e. The lowest BCUT2D eigenvalue weighted by molar-refractivity contribution is -0.0128. The van der Waals surface area contributed by atoms with E-state index in [2.05, 4.69) is 15.7 Å². The number of hydrogen-bond donors (Lipinski definition) is 2. The molecule has 0 aromatic carbocycles. The third kappa shape index (κ3) is 2.84. The molecule has 0 spiro atoms. The molecule has 2 N–H and O–H groups in total. The van der Waals surface area contributed by atoms with Gasteiger partial charge in [-0.1, -0.05) is 0 Å². The molecular weight excluding hydrogens is 276 g/mol. The van der Waals surface area contributed by atoms with E-state index in [0.717, 1.165) is 0 Å². The molecule has 1 aromatic heterocycles. The summed E-state index contributed by atoms with van der Waals surface area (Å²) in [6.07, 6.45) is 0.294. The van der Waals surface area contributed by atoms with E-state index in [-0.39, 0.29) is 11.3 Å². The molecule has 8 heteroatoms. The quantitative estimate of drug-likeness (QED) is 0.893. The highest BCUT2D eigenvalue weighted by Gasteiger charge is 2.31. The van der Waals surface area contributed by atoms with Gasteiger partial charge in [-0.2, -0.15) is 5.10 Å². The van der Waals surface area contributed by atoms with E-state index in [1.165, 1.54) is 6.20 Å². The lowest BCUT2D eigenvalue weighted by atomic mass is 10.1. The Balaban J connectivity index is 2.23. The Kier molecular flexibility index (Phi) is 3.73. The fourth-order valence-corrected chi connectivity index (χ4v) is 3.09. The highest BCUT2D eigenvalue weighted by molar-refractivity contribution is 7.89. The molecule has 0 radical (unpaired) electrons. The Morgan fingerprint density at radius 2 is 2.16 bits per heavy atom. The Labute approximate surface area is 111 Å². The zero-order valence-electron chi connectivity index (χ0n) is 10.7. The van der Waals surface area contributed by atoms with Crippen molar-refractivity contribution < 1.29 is 17.8 Å². The van der Waals surface area contributed by atoms with Crippen LogP contribution in [0.2, 0.25) is 0 Å². The van der Waals surface area contributed by atoms with Crippen molar-refractivity contribution in [1.82, 2.24) is 15.7 Å². The second-order valence-electron chi connectivity index (χ2n) is 4.80. The van der Waals surface area contributed by atoms with Gasteiger partial charge in [-0.3, -0.25) is 19.6 Å². The van der Waals surface area contributed by atoms with Crippen molar-refractivity contribution >= 4 is 10.8 Å². The van der Waals surface area contributed by atoms with E-state index in [4.69, 9.17) is 4.84 Å². The van der Waals surface area contributed by atoms with Gasteiger partial charge >= 0.3 is 0 Å². The number of nitrogens with zero attached hydrogens (tertiary/aromatic N) is 1. The molecule has 5 nitrogen and oxygen atoms in total. The molecule has 19 heavy (non-hydrogen) atoms. The summed E-state index contributed by atoms with van der Waals surface area (Å²) in [5, 5.41) is 5.61. The predicted octanol–water partition coefficient (Wildman–Crippen LogP) is 2.31. The van der Waals surface area contributed by atoms with E-state index in [9.17, 15) is 13.0 Å². The lowest BCUT2D eigenvalue weighted by Crippen LogP contribution is -2.21. The third-order valence-electron chi connectivity index (χ3n) is 2.79. The number of H-pyrrole nitrogens is 1. The molecular formula is C11H15F2N3O2S. The van der Waals surface area contributed by atoms with Crippen molar-refractivity contribution in [1.29, 1.82) is 0 Å². The van der Waals surface area contributed by atoms with Crippen molar-refractivity contribution in [3.05, 3.63) is 28.6 Å². The van der Waals surface area contributed by atoms with E-state index in [0.29, 0.717) is 5.03 Å². The molecule has 2 atom stereocenters. The lowest BCUT2D eigenvalue weighted by Gasteiger charge is -2.13. The summed E-state index contributed by atoms with van der Waals surface area (Å²) in [4.78, 5) is 5.21. The number of aromatic nitrogens is 2. The minimum absolute atomic E-state index is 0.251. The molecule has 1 aliphatic rings. The molecule has 2 unspecified atom stereocenters. The number of hydrogen-bond acceptors (Lipinski definition) is 4. The summed E-state index contributed by atoms with van der Waals surface area (Å²) in [5.74, 6) is 0. The van der Waals surface area contributed by atoms with Crippen LogP contribution in [0.1, 0.15) is 43.7 Å². The largest absolute Gasteiger partial charge is 0.280 e. The summed E-state index contributed by atoms with van der Waals surface area (Å²) in [7, 11) is -1.51. The van der Waals surface area contributed by atoms with E-state index >= 15 is 0 Å². The summed E-state index contributed by atoms with van der Waals surface area (Å²) in [5.41, 5.74) is 1.98. The maximum atomic E-state index is 12.8. The highest BCUT2D eigenvalue weighted by Crippen LogP contribution is 2.32. The molecule has 0 saturated carbocycles. The topological polar surface area (TPSA) is 67.0 Å². The van der Waals surface area contributed by atoms with Crippen molar-refractivity contribution in [2.45, 2.75) is 38.0 Å². The maximum Gasteiger partial charge on any atom is 0.280 e. The number of hydroxylamine groups is 1. The molecule has 0 aliphatic carbocycles. The van der Waals surface area contributed by atoms with Gasteiger partial charge in [0.25, 0.3) is 6.43 Å². The molecule has 0 bridgehead atoms. The molecule has 0 amide bonds. The van der Waals surface area contributed by atoms with Crippen molar-refractivity contribution in [3.63, 3.8) is 0 Å². The van der Waals surface area contributed by atoms with Crippen molar-refractivity contribution in [2.24, 2.45) is 0 Å². The Morgan fingerprint density at radius 1 is 1.47 bits per heavy atom. The number of alkyl halides is 2. The molecule has 0 saturated heterocycles. The number of halogens is 2. The van der Waals surface area contributed by atoms with Crippen LogP contribution in [0.4, 0.5) is 8.78 Å². The van der Waals surface area contributed by atoms with E-state index in [1.54, 1.807) is 26.8 Å². The zero-order valence-corrected chi connectivity index (χ0v) is 11.6. The van der Waals surface area contributed by atoms with Crippen LogP contribution in [0.5, 0.6) is 0 Å². The predicted molar refractivity (Wildman–Crippen MR) is 66.5 cm³/mol. The van der Waals surface area contributed by atoms with Crippen molar-refractivity contribution in [2.75, 3.05) is 0 Å². The average molecular weight is 291 g/mol. The first kappa shape index (κ1) is 14.1. The standard InChI is InChI=1S/C11H15F2N3O2S/c1-6(7-5-14-15-9(7)10(12)13)19(17)8-4-11(2,3)18-16-8/h4-6,10,16H,1-3H3,(H,14,15). The number of rotatable bonds is 4. The minimum Gasteiger partial charge on any atom is -0.276 e. The van der Waals surface area contributed by atoms with Crippen molar-refractivity contribution in [3.8, 4) is 0 Å². The first-order valence-electron chi connectivity index (χ1n) is 5.70. The SMILES string of the molecule is CC(c1cn[nH]c1C(F)F)S(=O)C1=CC(C)(C)ON1. The van der Waals surface area contributed by atoms with Gasteiger partial charge < -0.3 is 0 Å². The molecule has 0 fully saturated rings. The minimum atomic E-state index is -2.67. The van der Waals surface area contributed by atoms with Crippen LogP contribution in [0.15, 0.2) is 17.3 Å². The molecule has 106 valence electrons. The second-order valence-corrected chi connectivity index (χ2v) is 6.54. The van der Waals surface area contributed by atoms with Crippen LogP contribution in [0.3, 0.4) is 0 Å². The summed E-state index contributed by atoms with van der Waals surface area (Å²) in [6, 6.07) is 0. The summed E-state index contributed by atoms with van der Waals surface area (Å²) < 4.78 is 37.8. The van der Waals surface area contributed by atoms with Gasteiger partial charge in [-0.15, -0.1) is 0 Å². The Morgan fingerprint density at radius 3 is 2.68 bits per heavy atom. The highest BCUT2D eigenvalue weighted by atomic mass is 32.2. The average Bonchev–Trinajstić information content (AvgIpc) is 2.93. The normalized spacial score (nSPS) is 21.1. The number of aromatic amines is 1. The molecule has 1 aliphatic heterocycles. The summed E-state index contributed by atoms with van der Waals surface area (Å²) >= 11 is 0. The molecule has 1 aromatic rings. The molecule has 2 heterocycles. The zero-order chi connectivity index (χ0) is 14.2. The Bertz CT molecular complexity index is 528. The van der Waals surface area contributed by atoms with Gasteiger partial charge in [0.2, 0.25) is 0 Å². The number of nitrogens with one attached hydrogen (secondary N) is 2.